The highest BCUT2D eigenvalue weighted by Crippen LogP contribution is 2.27. The molecule has 0 radical (unpaired) electrons. The van der Waals surface area contributed by atoms with Gasteiger partial charge in [0, 0.05) is 23.7 Å². The number of benzene rings is 3. The van der Waals surface area contributed by atoms with E-state index < -0.39 is 28.3 Å². The van der Waals surface area contributed by atoms with E-state index in [1.165, 1.54) is 54.9 Å². The molecule has 1 heterocycles. The van der Waals surface area contributed by atoms with Gasteiger partial charge in [0.25, 0.3) is 10.0 Å². The molecule has 0 aliphatic carbocycles. The number of carbonyl (C=O) groups excluding carboxylic acids is 1. The van der Waals surface area contributed by atoms with Crippen LogP contribution in [-0.2, 0) is 14.8 Å². The van der Waals surface area contributed by atoms with Gasteiger partial charge in [0.05, 0.1) is 16.6 Å². The number of amides is 1. The van der Waals surface area contributed by atoms with Crippen LogP contribution in [0.15, 0.2) is 82.6 Å². The van der Waals surface area contributed by atoms with Crippen LogP contribution in [0.1, 0.15) is 38.3 Å². The third kappa shape index (κ3) is 6.69. The van der Waals surface area contributed by atoms with Gasteiger partial charge in [-0.25, -0.2) is 12.8 Å². The lowest BCUT2D eigenvalue weighted by Crippen LogP contribution is -2.41. The number of anilines is 2. The molecule has 4 rings (SSSR count). The Morgan fingerprint density at radius 3 is 2.34 bits per heavy atom. The van der Waals surface area contributed by atoms with Crippen LogP contribution in [-0.4, -0.2) is 40.2 Å². The Morgan fingerprint density at radius 2 is 1.74 bits per heavy atom. The Hall–Kier alpha value is -3.04. The number of piperidine rings is 1. The minimum Gasteiger partial charge on any atom is -0.372 e. The standard InChI is InChI=1S/C29H34FN3O3S2/c1-21-15-17-32(18-16-21)25-9-7-23(8-10-25)22(2)31-29(34)20-33(26-6-4-5-24(30)19-26)38(35,36)28-13-11-27(37-3)12-14-28/h4-14,19,21-22H,15-18,20H2,1-3H3,(H,31,34). The van der Waals surface area contributed by atoms with E-state index in [1.807, 2.05) is 25.3 Å². The highest BCUT2D eigenvalue weighted by Gasteiger charge is 2.28. The van der Waals surface area contributed by atoms with Gasteiger partial charge >= 0.3 is 0 Å². The number of thioether (sulfide) groups is 1. The van der Waals surface area contributed by atoms with Crippen LogP contribution in [0, 0.1) is 11.7 Å². The maximum Gasteiger partial charge on any atom is 0.264 e. The SMILES string of the molecule is CSc1ccc(S(=O)(=O)N(CC(=O)NC(C)c2ccc(N3CCC(C)CC3)cc2)c2cccc(F)c2)cc1. The van der Waals surface area contributed by atoms with Gasteiger partial charge in [-0.1, -0.05) is 25.1 Å². The largest absolute Gasteiger partial charge is 0.372 e. The van der Waals surface area contributed by atoms with Crippen LogP contribution in [0.25, 0.3) is 0 Å². The summed E-state index contributed by atoms with van der Waals surface area (Å²) in [4.78, 5) is 16.4. The maximum absolute atomic E-state index is 14.0. The highest BCUT2D eigenvalue weighted by atomic mass is 32.2. The van der Waals surface area contributed by atoms with Crippen molar-refractivity contribution in [2.75, 3.05) is 35.1 Å². The van der Waals surface area contributed by atoms with Crippen LogP contribution in [0.2, 0.25) is 0 Å². The molecule has 0 spiro atoms. The van der Waals surface area contributed by atoms with Crippen molar-refractivity contribution in [1.82, 2.24) is 5.32 Å². The summed E-state index contributed by atoms with van der Waals surface area (Å²) in [5.41, 5.74) is 2.16. The second-order valence-electron chi connectivity index (χ2n) is 9.72. The van der Waals surface area contributed by atoms with Crippen molar-refractivity contribution in [3.63, 3.8) is 0 Å². The minimum absolute atomic E-state index is 0.0307. The summed E-state index contributed by atoms with van der Waals surface area (Å²) < 4.78 is 42.1. The van der Waals surface area contributed by atoms with E-state index in [4.69, 9.17) is 0 Å². The molecule has 3 aromatic rings. The third-order valence-corrected chi connectivity index (χ3v) is 9.48. The molecule has 202 valence electrons. The summed E-state index contributed by atoms with van der Waals surface area (Å²) in [7, 11) is -4.12. The summed E-state index contributed by atoms with van der Waals surface area (Å²) in [6, 6.07) is 19.4. The monoisotopic (exact) mass is 555 g/mol. The normalized spacial score (nSPS) is 15.2. The van der Waals surface area contributed by atoms with Crippen LogP contribution >= 0.6 is 11.8 Å². The van der Waals surface area contributed by atoms with E-state index in [0.717, 1.165) is 45.5 Å². The van der Waals surface area contributed by atoms with Crippen molar-refractivity contribution in [2.45, 2.75) is 42.5 Å². The number of carbonyl (C=O) groups is 1. The van der Waals surface area contributed by atoms with Crippen LogP contribution in [0.4, 0.5) is 15.8 Å². The molecular weight excluding hydrogens is 521 g/mol. The van der Waals surface area contributed by atoms with Crippen molar-refractivity contribution >= 4 is 39.1 Å². The third-order valence-electron chi connectivity index (χ3n) is 6.95. The maximum atomic E-state index is 14.0. The Labute approximate surface area is 229 Å². The number of rotatable bonds is 9. The molecule has 0 aromatic heterocycles. The predicted molar refractivity (Wildman–Crippen MR) is 153 cm³/mol. The van der Waals surface area contributed by atoms with Crippen molar-refractivity contribution < 1.29 is 17.6 Å². The fourth-order valence-corrected chi connectivity index (χ4v) is 6.38. The fourth-order valence-electron chi connectivity index (χ4n) is 4.56. The zero-order valence-corrected chi connectivity index (χ0v) is 23.6. The molecule has 1 saturated heterocycles. The Balaban J connectivity index is 1.49. The first-order valence-corrected chi connectivity index (χ1v) is 15.4. The number of hydrogen-bond donors (Lipinski definition) is 1. The lowest BCUT2D eigenvalue weighted by atomic mass is 9.98. The number of nitrogens with zero attached hydrogens (tertiary/aromatic N) is 2. The van der Waals surface area contributed by atoms with Gasteiger partial charge in [-0.3, -0.25) is 9.10 Å². The van der Waals surface area contributed by atoms with Crippen molar-refractivity contribution in [3.8, 4) is 0 Å². The van der Waals surface area contributed by atoms with Gasteiger partial charge in [-0.15, -0.1) is 11.8 Å². The second-order valence-corrected chi connectivity index (χ2v) is 12.5. The smallest absolute Gasteiger partial charge is 0.264 e. The topological polar surface area (TPSA) is 69.7 Å². The average molecular weight is 556 g/mol. The van der Waals surface area contributed by atoms with Crippen LogP contribution in [0.3, 0.4) is 0 Å². The van der Waals surface area contributed by atoms with Crippen molar-refractivity contribution in [2.24, 2.45) is 5.92 Å². The Kier molecular flexibility index (Phi) is 8.99. The van der Waals surface area contributed by atoms with Gasteiger partial charge in [0.15, 0.2) is 0 Å². The molecule has 1 fully saturated rings. The van der Waals surface area contributed by atoms with E-state index in [2.05, 4.69) is 29.3 Å². The first-order chi connectivity index (χ1) is 18.2. The van der Waals surface area contributed by atoms with Gasteiger partial charge < -0.3 is 10.2 Å². The molecule has 1 aliphatic rings. The molecule has 0 saturated carbocycles. The lowest BCUT2D eigenvalue weighted by Gasteiger charge is -2.32. The molecule has 9 heteroatoms. The molecule has 3 aromatic carbocycles. The Bertz CT molecular complexity index is 1340. The van der Waals surface area contributed by atoms with Crippen LogP contribution in [0.5, 0.6) is 0 Å². The first kappa shape index (κ1) is 28.0. The Morgan fingerprint density at radius 1 is 1.08 bits per heavy atom. The predicted octanol–water partition coefficient (Wildman–Crippen LogP) is 5.86. The molecule has 38 heavy (non-hydrogen) atoms. The zero-order chi connectivity index (χ0) is 27.3. The van der Waals surface area contributed by atoms with Crippen LogP contribution < -0.4 is 14.5 Å². The van der Waals surface area contributed by atoms with Gasteiger partial charge in [0.1, 0.15) is 12.4 Å². The second kappa shape index (κ2) is 12.2. The molecule has 1 N–H and O–H groups in total. The minimum atomic E-state index is -4.12. The first-order valence-electron chi connectivity index (χ1n) is 12.7. The number of sulfonamides is 1. The number of hydrogen-bond acceptors (Lipinski definition) is 5. The quantitative estimate of drug-likeness (QED) is 0.335. The number of nitrogens with one attached hydrogen (secondary N) is 1. The molecule has 6 nitrogen and oxygen atoms in total. The van der Waals surface area contributed by atoms with Gasteiger partial charge in [-0.05, 0) is 92.1 Å². The summed E-state index contributed by atoms with van der Waals surface area (Å²) >= 11 is 1.49. The van der Waals surface area contributed by atoms with E-state index in [-0.39, 0.29) is 16.6 Å². The summed E-state index contributed by atoms with van der Waals surface area (Å²) in [6.45, 7) is 5.74. The van der Waals surface area contributed by atoms with E-state index in [0.29, 0.717) is 0 Å². The molecule has 1 atom stereocenters. The van der Waals surface area contributed by atoms with Crippen molar-refractivity contribution in [3.05, 3.63) is 84.2 Å². The summed E-state index contributed by atoms with van der Waals surface area (Å²) in [6.07, 6.45) is 4.26. The van der Waals surface area contributed by atoms with E-state index in [9.17, 15) is 17.6 Å². The molecule has 1 unspecified atom stereocenters. The van der Waals surface area contributed by atoms with E-state index >= 15 is 0 Å². The van der Waals surface area contributed by atoms with Crippen molar-refractivity contribution in [1.29, 1.82) is 0 Å². The lowest BCUT2D eigenvalue weighted by molar-refractivity contribution is -0.120. The molecule has 1 aliphatic heterocycles. The number of halogens is 1. The van der Waals surface area contributed by atoms with Gasteiger partial charge in [-0.2, -0.15) is 0 Å². The molecular formula is C29H34FN3O3S2. The molecule has 0 bridgehead atoms. The zero-order valence-electron chi connectivity index (χ0n) is 21.9. The summed E-state index contributed by atoms with van der Waals surface area (Å²) in [5, 5.41) is 2.90. The summed E-state index contributed by atoms with van der Waals surface area (Å²) in [5.74, 6) is -0.316. The van der Waals surface area contributed by atoms with E-state index in [1.54, 1.807) is 12.1 Å². The highest BCUT2D eigenvalue weighted by molar-refractivity contribution is 7.98. The van der Waals surface area contributed by atoms with Gasteiger partial charge in [0.2, 0.25) is 5.91 Å². The average Bonchev–Trinajstić information content (AvgIpc) is 2.92. The fraction of sp³-hybridized carbons (Fsp3) is 0.345. The molecule has 1 amide bonds.